The van der Waals surface area contributed by atoms with Gasteiger partial charge in [0.2, 0.25) is 5.95 Å². The van der Waals surface area contributed by atoms with Crippen molar-refractivity contribution in [1.29, 1.82) is 0 Å². The van der Waals surface area contributed by atoms with Gasteiger partial charge >= 0.3 is 0 Å². The monoisotopic (exact) mass is 363 g/mol. The highest BCUT2D eigenvalue weighted by Crippen LogP contribution is 2.13. The van der Waals surface area contributed by atoms with E-state index in [0.717, 1.165) is 43.9 Å². The average Bonchev–Trinajstić information content (AvgIpc) is 2.72. The minimum atomic E-state index is 0.550. The van der Waals surface area contributed by atoms with Gasteiger partial charge in [0.25, 0.3) is 0 Å². The van der Waals surface area contributed by atoms with Gasteiger partial charge in [0, 0.05) is 13.1 Å². The van der Waals surface area contributed by atoms with Gasteiger partial charge in [-0.15, -0.1) is 5.10 Å². The molecular weight excluding hydrogens is 338 g/mol. The maximum atomic E-state index is 5.25. The summed E-state index contributed by atoms with van der Waals surface area (Å²) in [6.45, 7) is 1.57. The van der Waals surface area contributed by atoms with Crippen molar-refractivity contribution in [1.82, 2.24) is 15.2 Å². The highest BCUT2D eigenvalue weighted by atomic mass is 16.5. The second-order valence-electron chi connectivity index (χ2n) is 6.21. The summed E-state index contributed by atoms with van der Waals surface area (Å²) in [5.74, 6) is 2.14. The van der Waals surface area contributed by atoms with Crippen molar-refractivity contribution < 1.29 is 4.74 Å². The standard InChI is InChI=1S/C21H25N5O/c1-27-19-11-5-9-18(15-19)12-14-22-20-16-24-26-21(25-20)23-13-6-10-17-7-3-2-4-8-17/h2-5,7-9,11,15-16H,6,10,12-14H2,1H3,(H2,22,23,25,26). The van der Waals surface area contributed by atoms with E-state index in [2.05, 4.69) is 56.1 Å². The summed E-state index contributed by atoms with van der Waals surface area (Å²) in [5.41, 5.74) is 2.55. The molecule has 0 saturated heterocycles. The molecule has 0 bridgehead atoms. The SMILES string of the molecule is COc1cccc(CCNc2cnnc(NCCCc3ccccc3)n2)c1. The van der Waals surface area contributed by atoms with E-state index in [-0.39, 0.29) is 0 Å². The molecular formula is C21H25N5O. The fourth-order valence-corrected chi connectivity index (χ4v) is 2.76. The van der Waals surface area contributed by atoms with Gasteiger partial charge < -0.3 is 15.4 Å². The van der Waals surface area contributed by atoms with Gasteiger partial charge in [-0.25, -0.2) is 0 Å². The molecule has 0 aliphatic carbocycles. The number of aryl methyl sites for hydroxylation is 1. The van der Waals surface area contributed by atoms with Crippen molar-refractivity contribution in [3.05, 3.63) is 71.9 Å². The summed E-state index contributed by atoms with van der Waals surface area (Å²) >= 11 is 0. The summed E-state index contributed by atoms with van der Waals surface area (Å²) in [4.78, 5) is 4.46. The van der Waals surface area contributed by atoms with Crippen LogP contribution in [0.5, 0.6) is 5.75 Å². The fraction of sp³-hybridized carbons (Fsp3) is 0.286. The van der Waals surface area contributed by atoms with Gasteiger partial charge in [0.05, 0.1) is 13.3 Å². The van der Waals surface area contributed by atoms with Crippen molar-refractivity contribution in [2.24, 2.45) is 0 Å². The average molecular weight is 363 g/mol. The Kier molecular flexibility index (Phi) is 6.98. The molecule has 6 nitrogen and oxygen atoms in total. The van der Waals surface area contributed by atoms with Crippen molar-refractivity contribution in [2.75, 3.05) is 30.8 Å². The number of anilines is 2. The largest absolute Gasteiger partial charge is 0.497 e. The third-order valence-corrected chi connectivity index (χ3v) is 4.18. The second-order valence-corrected chi connectivity index (χ2v) is 6.21. The van der Waals surface area contributed by atoms with Crippen LogP contribution in [0.25, 0.3) is 0 Å². The molecule has 6 heteroatoms. The first-order valence-corrected chi connectivity index (χ1v) is 9.18. The molecule has 0 spiro atoms. The predicted molar refractivity (Wildman–Crippen MR) is 108 cm³/mol. The van der Waals surface area contributed by atoms with E-state index in [1.54, 1.807) is 13.3 Å². The minimum absolute atomic E-state index is 0.550. The van der Waals surface area contributed by atoms with E-state index in [1.165, 1.54) is 11.1 Å². The van der Waals surface area contributed by atoms with E-state index >= 15 is 0 Å². The highest BCUT2D eigenvalue weighted by molar-refractivity contribution is 5.37. The van der Waals surface area contributed by atoms with Crippen molar-refractivity contribution >= 4 is 11.8 Å². The Balaban J connectivity index is 1.41. The third-order valence-electron chi connectivity index (χ3n) is 4.18. The molecule has 2 aromatic carbocycles. The Bertz CT molecular complexity index is 826. The number of nitrogens with one attached hydrogen (secondary N) is 2. The lowest BCUT2D eigenvalue weighted by molar-refractivity contribution is 0.414. The maximum Gasteiger partial charge on any atom is 0.244 e. The van der Waals surface area contributed by atoms with Crippen LogP contribution in [0.3, 0.4) is 0 Å². The maximum absolute atomic E-state index is 5.25. The first kappa shape index (κ1) is 18.6. The number of aromatic nitrogens is 3. The van der Waals surface area contributed by atoms with Crippen LogP contribution in [-0.2, 0) is 12.8 Å². The Labute approximate surface area is 160 Å². The second kappa shape index (κ2) is 10.1. The highest BCUT2D eigenvalue weighted by Gasteiger charge is 2.01. The molecule has 0 aliphatic rings. The number of benzene rings is 2. The predicted octanol–water partition coefficient (Wildman–Crippen LogP) is 3.58. The van der Waals surface area contributed by atoms with E-state index in [4.69, 9.17) is 4.74 Å². The van der Waals surface area contributed by atoms with E-state index in [0.29, 0.717) is 5.95 Å². The van der Waals surface area contributed by atoms with Crippen LogP contribution in [0.2, 0.25) is 0 Å². The summed E-state index contributed by atoms with van der Waals surface area (Å²) < 4.78 is 5.25. The molecule has 140 valence electrons. The normalized spacial score (nSPS) is 10.4. The fourth-order valence-electron chi connectivity index (χ4n) is 2.76. The molecule has 0 saturated carbocycles. The van der Waals surface area contributed by atoms with Crippen LogP contribution in [0, 0.1) is 0 Å². The topological polar surface area (TPSA) is 72.0 Å². The van der Waals surface area contributed by atoms with Gasteiger partial charge in [0.1, 0.15) is 5.75 Å². The zero-order valence-electron chi connectivity index (χ0n) is 15.6. The zero-order chi connectivity index (χ0) is 18.7. The molecule has 3 aromatic rings. The molecule has 1 aromatic heterocycles. The van der Waals surface area contributed by atoms with Crippen molar-refractivity contribution in [2.45, 2.75) is 19.3 Å². The lowest BCUT2D eigenvalue weighted by atomic mass is 10.1. The van der Waals surface area contributed by atoms with Crippen LogP contribution in [0.15, 0.2) is 60.8 Å². The third kappa shape index (κ3) is 6.26. The van der Waals surface area contributed by atoms with Gasteiger partial charge in [-0.1, -0.05) is 42.5 Å². The van der Waals surface area contributed by atoms with Crippen LogP contribution in [0.4, 0.5) is 11.8 Å². The first-order valence-electron chi connectivity index (χ1n) is 9.18. The van der Waals surface area contributed by atoms with E-state index in [1.807, 2.05) is 24.3 Å². The smallest absolute Gasteiger partial charge is 0.244 e. The van der Waals surface area contributed by atoms with Gasteiger partial charge in [-0.05, 0) is 42.5 Å². The quantitative estimate of drug-likeness (QED) is 0.537. The van der Waals surface area contributed by atoms with Gasteiger partial charge in [0.15, 0.2) is 5.82 Å². The number of hydrogen-bond donors (Lipinski definition) is 2. The van der Waals surface area contributed by atoms with Crippen LogP contribution >= 0.6 is 0 Å². The molecule has 0 aliphatic heterocycles. The molecule has 1 heterocycles. The van der Waals surface area contributed by atoms with E-state index < -0.39 is 0 Å². The number of nitrogens with zero attached hydrogens (tertiary/aromatic N) is 3. The van der Waals surface area contributed by atoms with Crippen LogP contribution < -0.4 is 15.4 Å². The van der Waals surface area contributed by atoms with Crippen LogP contribution in [-0.4, -0.2) is 35.4 Å². The van der Waals surface area contributed by atoms with Gasteiger partial charge in [-0.2, -0.15) is 10.1 Å². The summed E-state index contributed by atoms with van der Waals surface area (Å²) in [7, 11) is 1.68. The molecule has 0 unspecified atom stereocenters. The van der Waals surface area contributed by atoms with E-state index in [9.17, 15) is 0 Å². The number of ether oxygens (including phenoxy) is 1. The Hall–Kier alpha value is -3.15. The lowest BCUT2D eigenvalue weighted by Crippen LogP contribution is -2.11. The minimum Gasteiger partial charge on any atom is -0.497 e. The summed E-state index contributed by atoms with van der Waals surface area (Å²) in [6.07, 6.45) is 4.56. The molecule has 3 rings (SSSR count). The first-order chi connectivity index (χ1) is 13.3. The molecule has 0 amide bonds. The Morgan fingerprint density at radius 1 is 0.889 bits per heavy atom. The zero-order valence-corrected chi connectivity index (χ0v) is 15.6. The summed E-state index contributed by atoms with van der Waals surface area (Å²) in [6, 6.07) is 18.5. The Morgan fingerprint density at radius 2 is 1.74 bits per heavy atom. The lowest BCUT2D eigenvalue weighted by Gasteiger charge is -2.08. The van der Waals surface area contributed by atoms with Gasteiger partial charge in [-0.3, -0.25) is 0 Å². The molecule has 0 atom stereocenters. The molecule has 2 N–H and O–H groups in total. The number of rotatable bonds is 10. The molecule has 27 heavy (non-hydrogen) atoms. The summed E-state index contributed by atoms with van der Waals surface area (Å²) in [5, 5.41) is 14.6. The van der Waals surface area contributed by atoms with Crippen molar-refractivity contribution in [3.63, 3.8) is 0 Å². The molecule has 0 fully saturated rings. The van der Waals surface area contributed by atoms with Crippen LogP contribution in [0.1, 0.15) is 17.5 Å². The Morgan fingerprint density at radius 3 is 2.59 bits per heavy atom. The van der Waals surface area contributed by atoms with Crippen molar-refractivity contribution in [3.8, 4) is 5.75 Å². The molecule has 0 radical (unpaired) electrons. The number of methoxy groups -OCH3 is 1. The number of hydrogen-bond acceptors (Lipinski definition) is 6.